The van der Waals surface area contributed by atoms with E-state index in [4.69, 9.17) is 0 Å². The molecule has 0 bridgehead atoms. The van der Waals surface area contributed by atoms with E-state index in [2.05, 4.69) is 43.2 Å². The summed E-state index contributed by atoms with van der Waals surface area (Å²) in [6, 6.07) is 26.9. The molecule has 0 saturated carbocycles. The van der Waals surface area contributed by atoms with E-state index in [1.54, 1.807) is 24.3 Å². The molecule has 258 valence electrons. The molecule has 0 saturated heterocycles. The highest BCUT2D eigenvalue weighted by atomic mass is 16.3. The molecule has 52 heavy (non-hydrogen) atoms. The number of hydrogen-bond donors (Lipinski definition) is 8. The Hall–Kier alpha value is -7.34. The topological polar surface area (TPSA) is 195 Å². The normalized spacial score (nSPS) is 11.7. The van der Waals surface area contributed by atoms with Crippen LogP contribution >= 0.6 is 0 Å². The minimum atomic E-state index is -0.457. The molecule has 0 radical (unpaired) electrons. The van der Waals surface area contributed by atoms with Gasteiger partial charge in [-0.1, -0.05) is 29.8 Å². The first kappa shape index (κ1) is 33.2. The van der Waals surface area contributed by atoms with Gasteiger partial charge in [-0.3, -0.25) is 9.59 Å². The van der Waals surface area contributed by atoms with Crippen LogP contribution in [0.5, 0.6) is 23.0 Å². The second-order valence-electron chi connectivity index (χ2n) is 12.2. The standard InChI is InChI=1S/C40H32N6O6/c1-22-2-4-23(5-3-22)38(32-20-41-34-12-8-24(14-30(32)34)39(51)45-43-18-26-6-10-28(47)16-36(26)49)33-21-42-35-13-9-25(15-31(33)35)40(52)46-44-19-27-7-11-29(48)17-37(27)50/h2-21,38,41-42,47-50H,1H3,(H,45,51)(H,46,52)/b43-18+,44-19+. The summed E-state index contributed by atoms with van der Waals surface area (Å²) in [6.45, 7) is 2.02. The number of phenolic OH excluding ortho intramolecular Hbond substituents is 4. The van der Waals surface area contributed by atoms with Crippen molar-refractivity contribution < 1.29 is 30.0 Å². The van der Waals surface area contributed by atoms with Crippen LogP contribution in [0.15, 0.2) is 120 Å². The molecule has 0 atom stereocenters. The number of nitrogens with zero attached hydrogens (tertiary/aromatic N) is 2. The molecule has 0 spiro atoms. The van der Waals surface area contributed by atoms with E-state index in [0.29, 0.717) is 22.3 Å². The van der Waals surface area contributed by atoms with E-state index in [1.165, 1.54) is 48.8 Å². The summed E-state index contributed by atoms with van der Waals surface area (Å²) in [6.07, 6.45) is 6.43. The molecule has 2 amide bonds. The minimum absolute atomic E-state index is 0.0905. The molecular formula is C40H32N6O6. The number of aromatic nitrogens is 2. The maximum Gasteiger partial charge on any atom is 0.271 e. The van der Waals surface area contributed by atoms with Crippen molar-refractivity contribution in [2.45, 2.75) is 12.8 Å². The second-order valence-corrected chi connectivity index (χ2v) is 12.2. The lowest BCUT2D eigenvalue weighted by Crippen LogP contribution is -2.17. The number of carbonyl (C=O) groups excluding carboxylic acids is 2. The molecule has 12 heteroatoms. The van der Waals surface area contributed by atoms with Crippen LogP contribution in [0.3, 0.4) is 0 Å². The maximum atomic E-state index is 13.2. The highest BCUT2D eigenvalue weighted by Crippen LogP contribution is 2.40. The third kappa shape index (κ3) is 6.76. The van der Waals surface area contributed by atoms with Gasteiger partial charge in [0.1, 0.15) is 23.0 Å². The van der Waals surface area contributed by atoms with E-state index in [-0.39, 0.29) is 28.9 Å². The summed E-state index contributed by atoms with van der Waals surface area (Å²) in [5, 5.41) is 48.7. The molecule has 0 unspecified atom stereocenters. The zero-order valence-electron chi connectivity index (χ0n) is 27.6. The van der Waals surface area contributed by atoms with Gasteiger partial charge in [0.05, 0.1) is 12.4 Å². The highest BCUT2D eigenvalue weighted by molar-refractivity contribution is 6.01. The van der Waals surface area contributed by atoms with Crippen molar-refractivity contribution in [1.82, 2.24) is 20.8 Å². The van der Waals surface area contributed by atoms with Crippen LogP contribution in [0, 0.1) is 6.92 Å². The lowest BCUT2D eigenvalue weighted by atomic mass is 9.84. The monoisotopic (exact) mass is 692 g/mol. The number of aryl methyl sites for hydroxylation is 1. The summed E-state index contributed by atoms with van der Waals surface area (Å²) in [4.78, 5) is 33.1. The number of aromatic amines is 2. The lowest BCUT2D eigenvalue weighted by molar-refractivity contribution is 0.0947. The summed E-state index contributed by atoms with van der Waals surface area (Å²) in [5.74, 6) is -1.76. The van der Waals surface area contributed by atoms with Crippen LogP contribution in [0.4, 0.5) is 0 Å². The van der Waals surface area contributed by atoms with E-state index in [9.17, 15) is 30.0 Å². The average Bonchev–Trinajstić information content (AvgIpc) is 3.75. The van der Waals surface area contributed by atoms with Gasteiger partial charge in [0.25, 0.3) is 11.8 Å². The van der Waals surface area contributed by atoms with Gasteiger partial charge in [-0.2, -0.15) is 10.2 Å². The summed E-state index contributed by atoms with van der Waals surface area (Å²) in [7, 11) is 0. The third-order valence-corrected chi connectivity index (χ3v) is 8.75. The fourth-order valence-electron chi connectivity index (χ4n) is 6.06. The zero-order valence-corrected chi connectivity index (χ0v) is 27.6. The van der Waals surface area contributed by atoms with Gasteiger partial charge in [0, 0.05) is 74.5 Å². The molecule has 0 fully saturated rings. The maximum absolute atomic E-state index is 13.2. The number of hydrogen-bond acceptors (Lipinski definition) is 8. The van der Waals surface area contributed by atoms with E-state index >= 15 is 0 Å². The summed E-state index contributed by atoms with van der Waals surface area (Å²) in [5.41, 5.74) is 11.9. The average molecular weight is 693 g/mol. The Morgan fingerprint density at radius 2 is 1.08 bits per heavy atom. The molecule has 0 aliphatic carbocycles. The number of hydrazone groups is 2. The van der Waals surface area contributed by atoms with E-state index < -0.39 is 11.8 Å². The van der Waals surface area contributed by atoms with E-state index in [0.717, 1.165) is 44.1 Å². The van der Waals surface area contributed by atoms with Crippen LogP contribution in [0.25, 0.3) is 21.8 Å². The number of rotatable bonds is 9. The minimum Gasteiger partial charge on any atom is -0.508 e. The molecule has 8 N–H and O–H groups in total. The number of amides is 2. The van der Waals surface area contributed by atoms with E-state index in [1.807, 2.05) is 43.6 Å². The fourth-order valence-corrected chi connectivity index (χ4v) is 6.06. The van der Waals surface area contributed by atoms with Crippen molar-refractivity contribution in [3.05, 3.63) is 154 Å². The zero-order chi connectivity index (χ0) is 36.4. The molecule has 0 aliphatic rings. The Morgan fingerprint density at radius 1 is 0.615 bits per heavy atom. The Bertz CT molecular complexity index is 2380. The van der Waals surface area contributed by atoms with Gasteiger partial charge in [-0.15, -0.1) is 0 Å². The first-order valence-electron chi connectivity index (χ1n) is 16.1. The van der Waals surface area contributed by atoms with Gasteiger partial charge >= 0.3 is 0 Å². The van der Waals surface area contributed by atoms with Gasteiger partial charge in [0.2, 0.25) is 0 Å². The van der Waals surface area contributed by atoms with Crippen molar-refractivity contribution in [2.75, 3.05) is 0 Å². The van der Waals surface area contributed by atoms with Crippen molar-refractivity contribution >= 4 is 46.0 Å². The number of fused-ring (bicyclic) bond motifs is 2. The number of nitrogens with one attached hydrogen (secondary N) is 4. The molecule has 12 nitrogen and oxygen atoms in total. The van der Waals surface area contributed by atoms with Gasteiger partial charge in [-0.05, 0) is 84.3 Å². The number of phenols is 4. The first-order valence-corrected chi connectivity index (χ1v) is 16.1. The molecular weight excluding hydrogens is 660 g/mol. The van der Waals surface area contributed by atoms with Crippen molar-refractivity contribution in [3.8, 4) is 23.0 Å². The van der Waals surface area contributed by atoms with Gasteiger partial charge in [0.15, 0.2) is 0 Å². The SMILES string of the molecule is Cc1ccc(C(c2c[nH]c3ccc(C(=O)N/N=C/c4ccc(O)cc4O)cc23)c2c[nH]c3ccc(C(=O)N/N=C/c4ccc(O)cc4O)cc23)cc1. The number of carbonyl (C=O) groups is 2. The Morgan fingerprint density at radius 3 is 1.52 bits per heavy atom. The lowest BCUT2D eigenvalue weighted by Gasteiger charge is -2.18. The molecule has 0 aliphatic heterocycles. The quantitative estimate of drug-likeness (QED) is 0.0629. The predicted molar refractivity (Wildman–Crippen MR) is 198 cm³/mol. The Balaban J connectivity index is 1.22. The van der Waals surface area contributed by atoms with Crippen LogP contribution in [-0.4, -0.2) is 54.6 Å². The predicted octanol–water partition coefficient (Wildman–Crippen LogP) is 6.49. The molecule has 2 aromatic heterocycles. The third-order valence-electron chi connectivity index (χ3n) is 8.75. The first-order chi connectivity index (χ1) is 25.1. The smallest absolute Gasteiger partial charge is 0.271 e. The second kappa shape index (κ2) is 13.9. The summed E-state index contributed by atoms with van der Waals surface area (Å²) >= 11 is 0. The molecule has 5 aromatic carbocycles. The van der Waals surface area contributed by atoms with Crippen LogP contribution in [-0.2, 0) is 0 Å². The molecule has 7 aromatic rings. The Kier molecular flexibility index (Phi) is 8.85. The number of H-pyrrole nitrogens is 2. The molecule has 7 rings (SSSR count). The Labute approximate surface area is 296 Å². The molecule has 2 heterocycles. The van der Waals surface area contributed by atoms with Gasteiger partial charge in [-0.25, -0.2) is 10.9 Å². The van der Waals surface area contributed by atoms with Crippen LogP contribution in [0.1, 0.15) is 60.0 Å². The van der Waals surface area contributed by atoms with Gasteiger partial charge < -0.3 is 30.4 Å². The number of aromatic hydroxyl groups is 4. The van der Waals surface area contributed by atoms with Crippen molar-refractivity contribution in [2.24, 2.45) is 10.2 Å². The summed E-state index contributed by atoms with van der Waals surface area (Å²) < 4.78 is 0. The largest absolute Gasteiger partial charge is 0.508 e. The highest BCUT2D eigenvalue weighted by Gasteiger charge is 2.24. The van der Waals surface area contributed by atoms with Crippen LogP contribution in [0.2, 0.25) is 0 Å². The van der Waals surface area contributed by atoms with Crippen molar-refractivity contribution in [1.29, 1.82) is 0 Å². The van der Waals surface area contributed by atoms with Crippen molar-refractivity contribution in [3.63, 3.8) is 0 Å². The number of benzene rings is 5. The fraction of sp³-hybridized carbons (Fsp3) is 0.0500. The van der Waals surface area contributed by atoms with Crippen LogP contribution < -0.4 is 10.9 Å².